The van der Waals surface area contributed by atoms with Crippen LogP contribution in [0.25, 0.3) is 11.0 Å². The molecule has 2 heterocycles. The zero-order valence-electron chi connectivity index (χ0n) is 9.69. The number of ether oxygens (including phenoxy) is 1. The summed E-state index contributed by atoms with van der Waals surface area (Å²) < 4.78 is 10.9. The number of furan rings is 1. The van der Waals surface area contributed by atoms with Crippen LogP contribution in [-0.2, 0) is 4.74 Å². The third-order valence-electron chi connectivity index (χ3n) is 2.97. The Balaban J connectivity index is 1.51. The molecular formula is C13H16N2O2. The van der Waals surface area contributed by atoms with E-state index in [1.165, 1.54) is 12.8 Å². The van der Waals surface area contributed by atoms with Gasteiger partial charge in [0.05, 0.1) is 18.3 Å². The predicted molar refractivity (Wildman–Crippen MR) is 66.0 cm³/mol. The molecule has 3 rings (SSSR count). The summed E-state index contributed by atoms with van der Waals surface area (Å²) in [7, 11) is 0. The number of pyridine rings is 1. The van der Waals surface area contributed by atoms with Crippen LogP contribution in [-0.4, -0.2) is 24.7 Å². The molecule has 1 aliphatic rings. The number of hydrogen-bond donors (Lipinski definition) is 1. The van der Waals surface area contributed by atoms with Crippen molar-refractivity contribution in [2.75, 3.05) is 25.1 Å². The fourth-order valence-corrected chi connectivity index (χ4v) is 1.81. The van der Waals surface area contributed by atoms with Crippen LogP contribution in [0, 0.1) is 5.92 Å². The molecule has 1 saturated carbocycles. The number of hydrogen-bond acceptors (Lipinski definition) is 4. The molecule has 2 aromatic rings. The quantitative estimate of drug-likeness (QED) is 0.778. The molecule has 17 heavy (non-hydrogen) atoms. The number of nitrogens with zero attached hydrogens (tertiary/aromatic N) is 1. The second-order valence-corrected chi connectivity index (χ2v) is 4.44. The SMILES string of the molecule is c1cc2occc2c(NCCOCC2CC2)n1. The van der Waals surface area contributed by atoms with Crippen molar-refractivity contribution in [2.24, 2.45) is 5.92 Å². The summed E-state index contributed by atoms with van der Waals surface area (Å²) in [6.45, 7) is 2.42. The molecule has 1 N–H and O–H groups in total. The molecule has 4 heteroatoms. The van der Waals surface area contributed by atoms with Crippen molar-refractivity contribution in [3.63, 3.8) is 0 Å². The van der Waals surface area contributed by atoms with E-state index in [-0.39, 0.29) is 0 Å². The fourth-order valence-electron chi connectivity index (χ4n) is 1.81. The van der Waals surface area contributed by atoms with Crippen molar-refractivity contribution < 1.29 is 9.15 Å². The molecule has 0 saturated heterocycles. The molecule has 1 fully saturated rings. The molecule has 90 valence electrons. The second kappa shape index (κ2) is 4.75. The summed E-state index contributed by atoms with van der Waals surface area (Å²) in [4.78, 5) is 4.30. The van der Waals surface area contributed by atoms with E-state index in [1.54, 1.807) is 12.5 Å². The van der Waals surface area contributed by atoms with Crippen molar-refractivity contribution in [1.29, 1.82) is 0 Å². The number of nitrogens with one attached hydrogen (secondary N) is 1. The maximum absolute atomic E-state index is 5.56. The first kappa shape index (κ1) is 10.6. The van der Waals surface area contributed by atoms with E-state index in [0.29, 0.717) is 0 Å². The minimum atomic E-state index is 0.729. The van der Waals surface area contributed by atoms with Crippen LogP contribution in [0.15, 0.2) is 29.0 Å². The summed E-state index contributed by atoms with van der Waals surface area (Å²) >= 11 is 0. The first-order valence-corrected chi connectivity index (χ1v) is 6.07. The molecule has 0 bridgehead atoms. The third-order valence-corrected chi connectivity index (χ3v) is 2.97. The molecule has 0 amide bonds. The lowest BCUT2D eigenvalue weighted by Gasteiger charge is -2.06. The van der Waals surface area contributed by atoms with Crippen molar-refractivity contribution in [3.05, 3.63) is 24.6 Å². The number of rotatable bonds is 6. The van der Waals surface area contributed by atoms with Gasteiger partial charge in [-0.25, -0.2) is 4.98 Å². The Morgan fingerprint density at radius 2 is 2.35 bits per heavy atom. The number of anilines is 1. The van der Waals surface area contributed by atoms with Crippen LogP contribution in [0.3, 0.4) is 0 Å². The van der Waals surface area contributed by atoms with Crippen LogP contribution >= 0.6 is 0 Å². The van der Waals surface area contributed by atoms with Crippen LogP contribution in [0.4, 0.5) is 5.82 Å². The molecular weight excluding hydrogens is 216 g/mol. The minimum Gasteiger partial charge on any atom is -0.464 e. The van der Waals surface area contributed by atoms with E-state index >= 15 is 0 Å². The maximum Gasteiger partial charge on any atom is 0.139 e. The van der Waals surface area contributed by atoms with E-state index in [1.807, 2.05) is 12.1 Å². The van der Waals surface area contributed by atoms with Crippen LogP contribution < -0.4 is 5.32 Å². The highest BCUT2D eigenvalue weighted by Gasteiger charge is 2.20. The number of fused-ring (bicyclic) bond motifs is 1. The van der Waals surface area contributed by atoms with E-state index < -0.39 is 0 Å². The molecule has 0 aliphatic heterocycles. The van der Waals surface area contributed by atoms with Crippen molar-refractivity contribution in [1.82, 2.24) is 4.98 Å². The predicted octanol–water partition coefficient (Wildman–Crippen LogP) is 2.67. The zero-order chi connectivity index (χ0) is 11.5. The van der Waals surface area contributed by atoms with E-state index in [9.17, 15) is 0 Å². The number of aromatic nitrogens is 1. The van der Waals surface area contributed by atoms with Crippen molar-refractivity contribution >= 4 is 16.8 Å². The molecule has 0 atom stereocenters. The Morgan fingerprint density at radius 1 is 1.41 bits per heavy atom. The summed E-state index contributed by atoms with van der Waals surface area (Å²) in [5, 5.41) is 4.29. The van der Waals surface area contributed by atoms with Gasteiger partial charge in [-0.3, -0.25) is 0 Å². The topological polar surface area (TPSA) is 47.3 Å². The highest BCUT2D eigenvalue weighted by atomic mass is 16.5. The highest BCUT2D eigenvalue weighted by Crippen LogP contribution is 2.28. The van der Waals surface area contributed by atoms with Crippen LogP contribution in [0.1, 0.15) is 12.8 Å². The maximum atomic E-state index is 5.56. The average molecular weight is 232 g/mol. The smallest absolute Gasteiger partial charge is 0.139 e. The molecule has 0 aromatic carbocycles. The first-order chi connectivity index (χ1) is 8.43. The Kier molecular flexibility index (Phi) is 2.96. The summed E-state index contributed by atoms with van der Waals surface area (Å²) in [5.74, 6) is 1.69. The monoisotopic (exact) mass is 232 g/mol. The summed E-state index contributed by atoms with van der Waals surface area (Å²) in [6.07, 6.45) is 6.10. The van der Waals surface area contributed by atoms with Crippen molar-refractivity contribution in [3.8, 4) is 0 Å². The lowest BCUT2D eigenvalue weighted by molar-refractivity contribution is 0.134. The molecule has 4 nitrogen and oxygen atoms in total. The Labute approximate surface area is 100.0 Å². The van der Waals surface area contributed by atoms with Gasteiger partial charge in [-0.1, -0.05) is 0 Å². The van der Waals surface area contributed by atoms with Gasteiger partial charge in [0, 0.05) is 19.3 Å². The lowest BCUT2D eigenvalue weighted by Crippen LogP contribution is -2.11. The van der Waals surface area contributed by atoms with Crippen LogP contribution in [0.2, 0.25) is 0 Å². The minimum absolute atomic E-state index is 0.729. The van der Waals surface area contributed by atoms with Gasteiger partial charge in [-0.05, 0) is 30.9 Å². The van der Waals surface area contributed by atoms with Gasteiger partial charge in [-0.15, -0.1) is 0 Å². The Morgan fingerprint density at radius 3 is 3.24 bits per heavy atom. The van der Waals surface area contributed by atoms with Gasteiger partial charge in [0.25, 0.3) is 0 Å². The van der Waals surface area contributed by atoms with Gasteiger partial charge in [0.15, 0.2) is 0 Å². The van der Waals surface area contributed by atoms with E-state index in [0.717, 1.165) is 42.5 Å². The average Bonchev–Trinajstić information content (AvgIpc) is 3.04. The van der Waals surface area contributed by atoms with E-state index in [4.69, 9.17) is 9.15 Å². The second-order valence-electron chi connectivity index (χ2n) is 4.44. The molecule has 1 aliphatic carbocycles. The molecule has 0 spiro atoms. The zero-order valence-corrected chi connectivity index (χ0v) is 9.69. The van der Waals surface area contributed by atoms with Gasteiger partial charge >= 0.3 is 0 Å². The first-order valence-electron chi connectivity index (χ1n) is 6.07. The third kappa shape index (κ3) is 2.58. The van der Waals surface area contributed by atoms with Crippen molar-refractivity contribution in [2.45, 2.75) is 12.8 Å². The van der Waals surface area contributed by atoms with Gasteiger partial charge in [-0.2, -0.15) is 0 Å². The van der Waals surface area contributed by atoms with Gasteiger partial charge < -0.3 is 14.5 Å². The van der Waals surface area contributed by atoms with E-state index in [2.05, 4.69) is 10.3 Å². The lowest BCUT2D eigenvalue weighted by atomic mass is 10.3. The highest BCUT2D eigenvalue weighted by molar-refractivity contribution is 5.87. The van der Waals surface area contributed by atoms with Crippen LogP contribution in [0.5, 0.6) is 0 Å². The fraction of sp³-hybridized carbons (Fsp3) is 0.462. The van der Waals surface area contributed by atoms with Gasteiger partial charge in [0.1, 0.15) is 11.4 Å². The molecule has 2 aromatic heterocycles. The standard InChI is InChI=1S/C13H16N2O2/c1-2-10(1)9-16-8-6-15-13-11-4-7-17-12(11)3-5-14-13/h3-5,7,10H,1-2,6,8-9H2,(H,14,15). The summed E-state index contributed by atoms with van der Waals surface area (Å²) in [5.41, 5.74) is 0.862. The largest absolute Gasteiger partial charge is 0.464 e. The molecule has 0 radical (unpaired) electrons. The molecule has 0 unspecified atom stereocenters. The Hall–Kier alpha value is -1.55. The summed E-state index contributed by atoms with van der Waals surface area (Å²) in [6, 6.07) is 3.79. The normalized spacial score (nSPS) is 15.3. The van der Waals surface area contributed by atoms with Gasteiger partial charge in [0.2, 0.25) is 0 Å². The Bertz CT molecular complexity index is 491.